The zero-order chi connectivity index (χ0) is 15.2. The summed E-state index contributed by atoms with van der Waals surface area (Å²) in [4.78, 5) is -1.92. The van der Waals surface area contributed by atoms with E-state index in [-0.39, 0.29) is 12.4 Å². The van der Waals surface area contributed by atoms with Crippen molar-refractivity contribution < 1.29 is 24.2 Å². The Hall–Kier alpha value is -1.02. The molecule has 114 valence electrons. The number of nitrogens with two attached hydrogens (primary N) is 1. The largest absolute Gasteiger partial charge is 0.494 e. The lowest BCUT2D eigenvalue weighted by Crippen LogP contribution is -2.07. The van der Waals surface area contributed by atoms with Crippen LogP contribution in [0.3, 0.4) is 0 Å². The van der Waals surface area contributed by atoms with Crippen LogP contribution in [0.2, 0.25) is 0 Å². The maximum Gasteiger partial charge on any atom is 0.310 e. The minimum absolute atomic E-state index is 0.101. The van der Waals surface area contributed by atoms with Crippen molar-refractivity contribution in [3.05, 3.63) is 24.3 Å². The van der Waals surface area contributed by atoms with Crippen molar-refractivity contribution in [2.75, 3.05) is 13.2 Å². The highest BCUT2D eigenvalue weighted by Gasteiger charge is 2.65. The Morgan fingerprint density at radius 1 is 1.00 bits per heavy atom. The molecule has 0 heterocycles. The number of ether oxygens (including phenoxy) is 1. The van der Waals surface area contributed by atoms with Crippen LogP contribution in [0.4, 0.5) is 19.4 Å². The van der Waals surface area contributed by atoms with E-state index in [0.717, 1.165) is 12.1 Å². The molecule has 1 aromatic rings. The summed E-state index contributed by atoms with van der Waals surface area (Å²) in [5.41, 5.74) is 5.19. The Morgan fingerprint density at radius 2 is 1.47 bits per heavy atom. The SMILES string of the molecule is CC.NCCCOc1ccc(S(F)(F)(F)(F)F)cc1. The molecule has 2 nitrogen and oxygen atoms in total. The summed E-state index contributed by atoms with van der Waals surface area (Å²) >= 11 is 0. The first-order valence-corrected chi connectivity index (χ1v) is 7.65. The molecule has 0 amide bonds. The monoisotopic (exact) mass is 307 g/mol. The molecule has 0 aliphatic rings. The van der Waals surface area contributed by atoms with Crippen LogP contribution in [-0.4, -0.2) is 13.2 Å². The van der Waals surface area contributed by atoms with Gasteiger partial charge in [-0.05, 0) is 37.2 Å². The molecule has 0 unspecified atom stereocenters. The van der Waals surface area contributed by atoms with Gasteiger partial charge in [-0.3, -0.25) is 0 Å². The van der Waals surface area contributed by atoms with Gasteiger partial charge in [0.15, 0.2) is 0 Å². The van der Waals surface area contributed by atoms with Gasteiger partial charge in [-0.25, -0.2) is 0 Å². The van der Waals surface area contributed by atoms with Crippen LogP contribution in [0, 0.1) is 0 Å². The molecule has 0 aromatic heterocycles. The summed E-state index contributed by atoms with van der Waals surface area (Å²) in [6.07, 6.45) is 0.531. The minimum Gasteiger partial charge on any atom is -0.494 e. The average Bonchev–Trinajstić information content (AvgIpc) is 2.30. The molecular formula is C11H18F5NOS. The second-order valence-corrected chi connectivity index (χ2v) is 5.84. The van der Waals surface area contributed by atoms with Crippen LogP contribution in [0.15, 0.2) is 29.2 Å². The van der Waals surface area contributed by atoms with Gasteiger partial charge < -0.3 is 10.5 Å². The van der Waals surface area contributed by atoms with Crippen LogP contribution in [0.5, 0.6) is 5.75 Å². The summed E-state index contributed by atoms with van der Waals surface area (Å²) < 4.78 is 66.6. The molecular weight excluding hydrogens is 289 g/mol. The molecule has 2 N–H and O–H groups in total. The lowest BCUT2D eigenvalue weighted by molar-refractivity contribution is 0.313. The number of hydrogen-bond acceptors (Lipinski definition) is 2. The highest BCUT2D eigenvalue weighted by molar-refractivity contribution is 8.45. The molecule has 0 aliphatic heterocycles. The van der Waals surface area contributed by atoms with E-state index in [1.54, 1.807) is 0 Å². The Bertz CT molecular complexity index is 389. The van der Waals surface area contributed by atoms with Gasteiger partial charge in [0.1, 0.15) is 10.6 Å². The van der Waals surface area contributed by atoms with Crippen molar-refractivity contribution in [2.24, 2.45) is 5.73 Å². The summed E-state index contributed by atoms with van der Waals surface area (Å²) in [5.74, 6) is 0.101. The maximum absolute atomic E-state index is 12.3. The standard InChI is InChI=1S/C9H12F5NOS.C2H6/c10-17(11,12,13,14)9-4-2-8(3-5-9)16-7-1-6-15;1-2/h2-5H,1,6-7,15H2;1-2H3. The predicted octanol–water partition coefficient (Wildman–Crippen LogP) is 5.10. The van der Waals surface area contributed by atoms with Crippen molar-refractivity contribution in [2.45, 2.75) is 25.2 Å². The predicted molar refractivity (Wildman–Crippen MR) is 68.4 cm³/mol. The highest BCUT2D eigenvalue weighted by atomic mass is 32.5. The number of halogens is 5. The fourth-order valence-corrected chi connectivity index (χ4v) is 1.72. The molecule has 1 rings (SSSR count). The summed E-state index contributed by atoms with van der Waals surface area (Å²) in [7, 11) is -9.57. The number of rotatable bonds is 5. The lowest BCUT2D eigenvalue weighted by atomic mass is 10.3. The van der Waals surface area contributed by atoms with Crippen LogP contribution in [0.25, 0.3) is 0 Å². The van der Waals surface area contributed by atoms with E-state index < -0.39 is 15.1 Å². The molecule has 1 aromatic carbocycles. The van der Waals surface area contributed by atoms with Gasteiger partial charge in [0.25, 0.3) is 0 Å². The van der Waals surface area contributed by atoms with E-state index in [1.165, 1.54) is 0 Å². The van der Waals surface area contributed by atoms with Gasteiger partial charge >= 0.3 is 10.2 Å². The molecule has 0 saturated carbocycles. The molecule has 0 fully saturated rings. The molecule has 8 heteroatoms. The number of benzene rings is 1. The fraction of sp³-hybridized carbons (Fsp3) is 0.455. The van der Waals surface area contributed by atoms with Gasteiger partial charge in [-0.2, -0.15) is 0 Å². The Kier molecular flexibility index (Phi) is 5.24. The zero-order valence-electron chi connectivity index (χ0n) is 10.7. The Labute approximate surface area is 109 Å². The van der Waals surface area contributed by atoms with Crippen molar-refractivity contribution in [1.29, 1.82) is 0 Å². The summed E-state index contributed by atoms with van der Waals surface area (Å²) in [6.45, 7) is 4.61. The van der Waals surface area contributed by atoms with E-state index in [2.05, 4.69) is 0 Å². The first kappa shape index (κ1) is 18.0. The second-order valence-electron chi connectivity index (χ2n) is 3.43. The minimum atomic E-state index is -9.57. The van der Waals surface area contributed by atoms with Crippen LogP contribution in [0.1, 0.15) is 20.3 Å². The van der Waals surface area contributed by atoms with E-state index in [4.69, 9.17) is 10.5 Å². The van der Waals surface area contributed by atoms with Crippen LogP contribution >= 0.6 is 10.2 Å². The smallest absolute Gasteiger partial charge is 0.310 e. The van der Waals surface area contributed by atoms with Crippen molar-refractivity contribution in [3.8, 4) is 5.75 Å². The first-order chi connectivity index (χ1) is 8.53. The van der Waals surface area contributed by atoms with Crippen LogP contribution in [-0.2, 0) is 0 Å². The van der Waals surface area contributed by atoms with Gasteiger partial charge in [0, 0.05) is 0 Å². The highest BCUT2D eigenvalue weighted by Crippen LogP contribution is 3.02. The van der Waals surface area contributed by atoms with Crippen molar-refractivity contribution >= 4 is 10.2 Å². The second kappa shape index (κ2) is 5.54. The first-order valence-electron chi connectivity index (χ1n) is 5.70. The molecule has 0 atom stereocenters. The van der Waals surface area contributed by atoms with E-state index >= 15 is 0 Å². The third kappa shape index (κ3) is 6.63. The van der Waals surface area contributed by atoms with Crippen molar-refractivity contribution in [1.82, 2.24) is 0 Å². The van der Waals surface area contributed by atoms with Gasteiger partial charge in [0.2, 0.25) is 0 Å². The molecule has 0 spiro atoms. The Balaban J connectivity index is 0.00000154. The van der Waals surface area contributed by atoms with Gasteiger partial charge in [-0.15, -0.1) is 0 Å². The molecule has 0 bridgehead atoms. The molecule has 0 saturated heterocycles. The van der Waals surface area contributed by atoms with Gasteiger partial charge in [0.05, 0.1) is 6.61 Å². The topological polar surface area (TPSA) is 35.2 Å². The number of hydrogen-bond donors (Lipinski definition) is 1. The van der Waals surface area contributed by atoms with E-state index in [1.807, 2.05) is 13.8 Å². The summed E-state index contributed by atoms with van der Waals surface area (Å²) in [6, 6.07) is 2.37. The van der Waals surface area contributed by atoms with E-state index in [9.17, 15) is 19.4 Å². The third-order valence-corrected chi connectivity index (χ3v) is 3.05. The van der Waals surface area contributed by atoms with E-state index in [0.29, 0.717) is 25.1 Å². The van der Waals surface area contributed by atoms with Crippen LogP contribution < -0.4 is 10.5 Å². The van der Waals surface area contributed by atoms with Crippen molar-refractivity contribution in [3.63, 3.8) is 0 Å². The zero-order valence-corrected chi connectivity index (χ0v) is 11.5. The molecule has 0 aliphatic carbocycles. The average molecular weight is 307 g/mol. The third-order valence-electron chi connectivity index (χ3n) is 1.89. The lowest BCUT2D eigenvalue weighted by Gasteiger charge is -2.40. The quantitative estimate of drug-likeness (QED) is 0.607. The normalized spacial score (nSPS) is 14.7. The maximum atomic E-state index is 12.3. The fourth-order valence-electron chi connectivity index (χ4n) is 1.07. The molecule has 19 heavy (non-hydrogen) atoms. The van der Waals surface area contributed by atoms with Gasteiger partial charge in [-0.1, -0.05) is 33.3 Å². The Morgan fingerprint density at radius 3 is 1.84 bits per heavy atom. The summed E-state index contributed by atoms with van der Waals surface area (Å²) in [5, 5.41) is 0. The molecule has 0 radical (unpaired) electrons.